The van der Waals surface area contributed by atoms with Crippen LogP contribution in [0, 0.1) is 0 Å². The number of amides is 4. The Balaban J connectivity index is 3.26. The summed E-state index contributed by atoms with van der Waals surface area (Å²) in [5, 5.41) is 0. The van der Waals surface area contributed by atoms with E-state index in [0.29, 0.717) is 38.5 Å². The van der Waals surface area contributed by atoms with Crippen molar-refractivity contribution in [2.24, 2.45) is 0 Å². The van der Waals surface area contributed by atoms with Crippen molar-refractivity contribution in [3.05, 3.63) is 35.9 Å². The van der Waals surface area contributed by atoms with Crippen LogP contribution in [0.2, 0.25) is 0 Å². The van der Waals surface area contributed by atoms with Crippen LogP contribution in [0.25, 0.3) is 0 Å². The predicted octanol–water partition coefficient (Wildman–Crippen LogP) is 8.49. The first kappa shape index (κ1) is 67.3. The molecule has 0 aliphatic rings. The number of nitrogens with zero attached hydrogens (tertiary/aromatic N) is 4. The molecule has 19 heteroatoms. The van der Waals surface area contributed by atoms with E-state index >= 15 is 0 Å². The van der Waals surface area contributed by atoms with Crippen LogP contribution >= 0.6 is 0 Å². The van der Waals surface area contributed by atoms with E-state index < -0.39 is 108 Å². The van der Waals surface area contributed by atoms with Crippen molar-refractivity contribution in [1.82, 2.24) is 19.6 Å². The first-order valence-corrected chi connectivity index (χ1v) is 27.1. The van der Waals surface area contributed by atoms with Crippen molar-refractivity contribution >= 4 is 53.7 Å². The molecule has 19 nitrogen and oxygen atoms in total. The molecule has 0 N–H and O–H groups in total. The maximum Gasteiger partial charge on any atom is 0.410 e. The van der Waals surface area contributed by atoms with Gasteiger partial charge < -0.3 is 43.1 Å². The number of benzene rings is 1. The van der Waals surface area contributed by atoms with Crippen LogP contribution in [-0.2, 0) is 73.4 Å². The number of hydrogen-bond donors (Lipinski definition) is 0. The zero-order valence-electron chi connectivity index (χ0n) is 47.9. The lowest BCUT2D eigenvalue weighted by molar-refractivity contribution is -0.176. The van der Waals surface area contributed by atoms with Crippen LogP contribution in [0.4, 0.5) is 4.79 Å². The Kier molecular flexibility index (Phi) is 31.2. The molecule has 0 unspecified atom stereocenters. The summed E-state index contributed by atoms with van der Waals surface area (Å²) in [5.41, 5.74) is -0.0539. The third-order valence-electron chi connectivity index (χ3n) is 13.0. The Labute approximate surface area is 447 Å². The molecule has 0 spiro atoms. The first-order chi connectivity index (χ1) is 35.3. The van der Waals surface area contributed by atoms with Crippen LogP contribution in [0.5, 0.6) is 0 Å². The van der Waals surface area contributed by atoms with Gasteiger partial charge in [-0.2, -0.15) is 0 Å². The number of carbonyl (C=O) groups excluding carboxylic acids is 9. The molecule has 75 heavy (non-hydrogen) atoms. The smallest absolute Gasteiger partial charge is 0.410 e. The van der Waals surface area contributed by atoms with E-state index in [-0.39, 0.29) is 32.3 Å². The lowest BCUT2D eigenvalue weighted by Gasteiger charge is -2.32. The van der Waals surface area contributed by atoms with Crippen LogP contribution in [-0.4, -0.2) is 156 Å². The molecule has 0 radical (unpaired) electrons. The van der Waals surface area contributed by atoms with Gasteiger partial charge in [0, 0.05) is 28.2 Å². The fourth-order valence-corrected chi connectivity index (χ4v) is 7.40. The molecule has 0 saturated heterocycles. The summed E-state index contributed by atoms with van der Waals surface area (Å²) < 4.78 is 33.9. The van der Waals surface area contributed by atoms with Crippen molar-refractivity contribution in [3.8, 4) is 0 Å². The van der Waals surface area contributed by atoms with Gasteiger partial charge in [-0.3, -0.25) is 19.3 Å². The van der Waals surface area contributed by atoms with E-state index in [0.717, 1.165) is 63.7 Å². The molecule has 8 atom stereocenters. The van der Waals surface area contributed by atoms with E-state index in [9.17, 15) is 43.2 Å². The largest absolute Gasteiger partial charge is 0.458 e. The predicted molar refractivity (Wildman–Crippen MR) is 282 cm³/mol. The highest BCUT2D eigenvalue weighted by molar-refractivity contribution is 5.93. The van der Waals surface area contributed by atoms with Gasteiger partial charge >= 0.3 is 35.9 Å². The first-order valence-electron chi connectivity index (χ1n) is 27.1. The second-order valence-electron chi connectivity index (χ2n) is 20.4. The van der Waals surface area contributed by atoms with Crippen molar-refractivity contribution in [2.75, 3.05) is 28.2 Å². The highest BCUT2D eigenvalue weighted by Gasteiger charge is 2.39. The molecule has 0 fully saturated rings. The zero-order valence-corrected chi connectivity index (χ0v) is 47.9. The van der Waals surface area contributed by atoms with Crippen LogP contribution < -0.4 is 0 Å². The SMILES string of the molecule is CCCCC[C@@H](OC(=O)[C@H](C)N(C)C(=O)[C@@H](CCCCC)OC(=O)[C@H](C)N(C)C(=O)[C@@H](CCCCC)OC(=O)[C@H](C)N(C)C(=O)[C@@H](CCCCC)OC(=O)[C@H](C)N(C)C(=O)OC(C)(C)C)C(=O)OCc1ccccc1. The molecular formula is C56H92N4O15. The van der Waals surface area contributed by atoms with Crippen molar-refractivity contribution < 1.29 is 71.6 Å². The van der Waals surface area contributed by atoms with Gasteiger partial charge in [0.2, 0.25) is 0 Å². The minimum absolute atomic E-state index is 0.00932. The molecule has 426 valence electrons. The minimum atomic E-state index is -1.38. The van der Waals surface area contributed by atoms with E-state index in [1.54, 1.807) is 32.9 Å². The number of hydrogen-bond acceptors (Lipinski definition) is 15. The molecular weight excluding hydrogens is 969 g/mol. The fourth-order valence-electron chi connectivity index (χ4n) is 7.40. The van der Waals surface area contributed by atoms with Crippen LogP contribution in [0.15, 0.2) is 30.3 Å². The van der Waals surface area contributed by atoms with E-state index in [1.807, 2.05) is 45.9 Å². The Morgan fingerprint density at radius 3 is 1.03 bits per heavy atom. The highest BCUT2D eigenvalue weighted by atomic mass is 16.6. The monoisotopic (exact) mass is 1060 g/mol. The molecule has 0 saturated carbocycles. The summed E-state index contributed by atoms with van der Waals surface area (Å²) in [6.07, 6.45) is 2.88. The molecule has 1 aromatic carbocycles. The molecule has 0 aromatic heterocycles. The van der Waals surface area contributed by atoms with E-state index in [1.165, 1.54) is 55.9 Å². The fraction of sp³-hybridized carbons (Fsp3) is 0.732. The summed E-state index contributed by atoms with van der Waals surface area (Å²) in [4.78, 5) is 127. The quantitative estimate of drug-likeness (QED) is 0.0359. The Hall–Kier alpha value is -5.75. The normalized spacial score (nSPS) is 14.5. The van der Waals surface area contributed by atoms with Gasteiger partial charge in [0.25, 0.3) is 17.7 Å². The van der Waals surface area contributed by atoms with E-state index in [4.69, 9.17) is 28.4 Å². The standard InChI is InChI=1S/C56H92N4O15/c1-16-20-25-33-43(71-51(65)39(6)58(13)49(63)45(35-27-22-18-3)73-53(67)41(8)60(15)55(69)75-56(9,10)11)47(61)57(12)38(5)50(64)72-44(34-26-21-17-2)48(62)59(14)40(7)52(66)74-46(36-28-23-19-4)54(68)70-37-42-31-29-24-30-32-42/h24,29-32,38-41,43-46H,16-23,25-28,33-37H2,1-15H3/t38-,39-,40-,41-,43+,44+,45+,46+/m0/s1. The van der Waals surface area contributed by atoms with Gasteiger partial charge in [0.05, 0.1) is 0 Å². The Bertz CT molecular complexity index is 1960. The molecule has 4 amide bonds. The van der Waals surface area contributed by atoms with Crippen LogP contribution in [0.1, 0.15) is 184 Å². The number of ether oxygens (including phenoxy) is 6. The number of carbonyl (C=O) groups is 9. The Morgan fingerprint density at radius 1 is 0.427 bits per heavy atom. The lowest BCUT2D eigenvalue weighted by atomic mass is 10.1. The van der Waals surface area contributed by atoms with Crippen LogP contribution in [0.3, 0.4) is 0 Å². The number of unbranched alkanes of at least 4 members (excludes halogenated alkanes) is 8. The summed E-state index contributed by atoms with van der Waals surface area (Å²) in [6, 6.07) is 4.25. The number of likely N-dealkylation sites (N-methyl/N-ethyl adjacent to an activating group) is 4. The molecule has 0 aliphatic carbocycles. The summed E-state index contributed by atoms with van der Waals surface area (Å²) in [5.74, 6) is -6.35. The third kappa shape index (κ3) is 23.8. The molecule has 1 rings (SSSR count). The average molecular weight is 1060 g/mol. The van der Waals surface area contributed by atoms with Gasteiger partial charge in [0.15, 0.2) is 24.4 Å². The molecule has 0 bridgehead atoms. The van der Waals surface area contributed by atoms with Crippen molar-refractivity contribution in [2.45, 2.75) is 240 Å². The highest BCUT2D eigenvalue weighted by Crippen LogP contribution is 2.21. The average Bonchev–Trinajstić information content (AvgIpc) is 3.38. The van der Waals surface area contributed by atoms with E-state index in [2.05, 4.69) is 0 Å². The van der Waals surface area contributed by atoms with Crippen molar-refractivity contribution in [3.63, 3.8) is 0 Å². The lowest BCUT2D eigenvalue weighted by Crippen LogP contribution is -2.52. The van der Waals surface area contributed by atoms with Gasteiger partial charge in [-0.05, 0) is 105 Å². The summed E-state index contributed by atoms with van der Waals surface area (Å²) >= 11 is 0. The van der Waals surface area contributed by atoms with Gasteiger partial charge in [0.1, 0.15) is 36.4 Å². The number of esters is 5. The number of rotatable bonds is 34. The molecule has 0 heterocycles. The minimum Gasteiger partial charge on any atom is -0.458 e. The summed E-state index contributed by atoms with van der Waals surface area (Å²) in [6.45, 7) is 18.7. The Morgan fingerprint density at radius 2 is 0.720 bits per heavy atom. The topological polar surface area (TPSA) is 222 Å². The maximum atomic E-state index is 14.2. The second-order valence-corrected chi connectivity index (χ2v) is 20.4. The van der Waals surface area contributed by atoms with Crippen molar-refractivity contribution in [1.29, 1.82) is 0 Å². The second kappa shape index (κ2) is 34.7. The zero-order chi connectivity index (χ0) is 57.0. The van der Waals surface area contributed by atoms with Gasteiger partial charge in [-0.15, -0.1) is 0 Å². The maximum absolute atomic E-state index is 14.2. The molecule has 1 aromatic rings. The van der Waals surface area contributed by atoms with Gasteiger partial charge in [-0.1, -0.05) is 109 Å². The van der Waals surface area contributed by atoms with Gasteiger partial charge in [-0.25, -0.2) is 28.8 Å². The summed E-state index contributed by atoms with van der Waals surface area (Å²) in [7, 11) is 5.47. The third-order valence-corrected chi connectivity index (χ3v) is 13.0. The molecule has 0 aliphatic heterocycles.